The van der Waals surface area contributed by atoms with Crippen molar-refractivity contribution in [2.75, 3.05) is 104 Å². The van der Waals surface area contributed by atoms with E-state index in [0.717, 1.165) is 12.0 Å². The molecule has 0 aliphatic carbocycles. The SMILES string of the molecule is CC[C@H](NC(=O)[C@H]1C[C@@H](NCCOCCOCCOCCOCCC(=O)NCCn2nc(C#N)c3c2CN(C)C(=O)c2ccc(F)cc2[C@H]2CCCN2c2cc-3cnc2N)CN1C(=O)C(C=NC(=O)[C@@H](C)NC)C(C)(C)C)c1ccccc1. The lowest BCUT2D eigenvalue weighted by Crippen LogP contribution is -2.50. The summed E-state index contributed by atoms with van der Waals surface area (Å²) in [5.41, 5.74) is 10.2. The number of aliphatic imine (C=N–C) groups is 1. The van der Waals surface area contributed by atoms with E-state index in [1.165, 1.54) is 29.3 Å². The van der Waals surface area contributed by atoms with E-state index in [2.05, 4.69) is 42.4 Å². The highest BCUT2D eigenvalue weighted by Gasteiger charge is 2.44. The number of fused-ring (bicyclic) bond motifs is 8. The summed E-state index contributed by atoms with van der Waals surface area (Å²) in [5.74, 6) is -2.35. The highest BCUT2D eigenvalue weighted by molar-refractivity contribution is 6.01. The van der Waals surface area contributed by atoms with Crippen molar-refractivity contribution in [1.29, 1.82) is 5.26 Å². The fourth-order valence-electron chi connectivity index (χ4n) is 10.7. The molecule has 5 amide bonds. The minimum absolute atomic E-state index is 0.0617. The van der Waals surface area contributed by atoms with Gasteiger partial charge in [0.05, 0.1) is 101 Å². The van der Waals surface area contributed by atoms with Crippen molar-refractivity contribution in [1.82, 2.24) is 45.8 Å². The first-order valence-corrected chi connectivity index (χ1v) is 28.7. The highest BCUT2D eigenvalue weighted by Crippen LogP contribution is 2.43. The van der Waals surface area contributed by atoms with Crippen LogP contribution in [0.2, 0.25) is 0 Å². The molecule has 0 spiro atoms. The van der Waals surface area contributed by atoms with Gasteiger partial charge in [0.1, 0.15) is 23.7 Å². The zero-order valence-corrected chi connectivity index (χ0v) is 49.0. The van der Waals surface area contributed by atoms with E-state index in [1.807, 2.05) is 69.0 Å². The summed E-state index contributed by atoms with van der Waals surface area (Å²) in [6.07, 6.45) is 5.69. The molecule has 3 aliphatic rings. The number of anilines is 2. The van der Waals surface area contributed by atoms with Gasteiger partial charge in [-0.1, -0.05) is 58.0 Å². The molecular weight excluding hydrogens is 1070 g/mol. The summed E-state index contributed by atoms with van der Waals surface area (Å²) < 4.78 is 39.2. The minimum Gasteiger partial charge on any atom is -0.382 e. The molecule has 0 radical (unpaired) electrons. The van der Waals surface area contributed by atoms with Crippen molar-refractivity contribution in [3.05, 3.63) is 94.7 Å². The quantitative estimate of drug-likeness (QED) is 0.0399. The molecule has 6 atom stereocenters. The van der Waals surface area contributed by atoms with E-state index in [9.17, 15) is 33.6 Å². The van der Waals surface area contributed by atoms with Gasteiger partial charge in [0.15, 0.2) is 5.69 Å². The van der Waals surface area contributed by atoms with Gasteiger partial charge < -0.3 is 60.6 Å². The summed E-state index contributed by atoms with van der Waals surface area (Å²) in [6.45, 7) is 13.8. The number of nitrogens with zero attached hydrogens (tertiary/aromatic N) is 8. The van der Waals surface area contributed by atoms with Gasteiger partial charge in [-0.05, 0) is 80.5 Å². The van der Waals surface area contributed by atoms with Crippen molar-refractivity contribution >= 4 is 47.3 Å². The number of benzene rings is 2. The van der Waals surface area contributed by atoms with Crippen LogP contribution in [0.5, 0.6) is 0 Å². The number of rotatable bonds is 27. The molecule has 3 aliphatic heterocycles. The number of hydrogen-bond donors (Lipinski definition) is 5. The number of nitrogen functional groups attached to an aromatic ring is 1. The van der Waals surface area contributed by atoms with Gasteiger partial charge in [0, 0.05) is 74.8 Å². The van der Waals surface area contributed by atoms with E-state index in [4.69, 9.17) is 24.7 Å². The summed E-state index contributed by atoms with van der Waals surface area (Å²) >= 11 is 0. The van der Waals surface area contributed by atoms with Crippen molar-refractivity contribution in [3.8, 4) is 17.2 Å². The minimum atomic E-state index is -0.747. The zero-order valence-electron chi connectivity index (χ0n) is 49.0. The van der Waals surface area contributed by atoms with Gasteiger partial charge in [-0.3, -0.25) is 28.7 Å². The fraction of sp³-hybridized carbons (Fsp3) is 0.550. The monoisotopic (exact) mass is 1150 g/mol. The van der Waals surface area contributed by atoms with Crippen LogP contribution in [0.15, 0.2) is 65.8 Å². The predicted octanol–water partition coefficient (Wildman–Crippen LogP) is 4.73. The van der Waals surface area contributed by atoms with Crippen LogP contribution in [0, 0.1) is 28.5 Å². The topological polar surface area (TPSA) is 273 Å². The van der Waals surface area contributed by atoms with Crippen LogP contribution in [0.25, 0.3) is 11.1 Å². The van der Waals surface area contributed by atoms with E-state index in [1.54, 1.807) is 36.8 Å². The molecule has 23 heteroatoms. The molecule has 83 heavy (non-hydrogen) atoms. The third-order valence-electron chi connectivity index (χ3n) is 15.3. The fourth-order valence-corrected chi connectivity index (χ4v) is 10.7. The molecule has 2 aromatic carbocycles. The van der Waals surface area contributed by atoms with Crippen molar-refractivity contribution in [3.63, 3.8) is 0 Å². The van der Waals surface area contributed by atoms with Crippen LogP contribution < -0.4 is 31.9 Å². The molecule has 2 saturated heterocycles. The van der Waals surface area contributed by atoms with Crippen molar-refractivity contribution in [2.24, 2.45) is 16.3 Å². The maximum Gasteiger partial charge on any atom is 0.262 e. The van der Waals surface area contributed by atoms with Crippen molar-refractivity contribution < 1.29 is 47.3 Å². The Morgan fingerprint density at radius 1 is 0.976 bits per heavy atom. The van der Waals surface area contributed by atoms with Gasteiger partial charge >= 0.3 is 0 Å². The number of nitriles is 1. The predicted molar refractivity (Wildman–Crippen MR) is 311 cm³/mol. The second-order valence-electron chi connectivity index (χ2n) is 22.2. The summed E-state index contributed by atoms with van der Waals surface area (Å²) in [4.78, 5) is 81.9. The van der Waals surface area contributed by atoms with Gasteiger partial charge in [0.25, 0.3) is 11.8 Å². The van der Waals surface area contributed by atoms with Gasteiger partial charge in [-0.2, -0.15) is 10.4 Å². The standard InChI is InChI=1S/C60H82FN13O9/c1-8-47(40-13-10-9-11-14-40)69-57(77)51-33-43(37-73(51)59(79)46(60(3,4)5)36-68-56(76)39(2)64-6)65-20-24-81-26-28-83-30-29-82-27-25-80-23-18-53(75)66-19-22-74-52-38-71(7)58(78)44-17-16-42(61)32-45(44)49-15-12-21-72(49)50-31-41(35-67-55(50)63)54(52)48(34-62)70-74/h9-11,13-14,16-17,31-32,35-36,39,43,46-47,49,51,64-65H,8,12,15,18-30,33,37-38H2,1-7H3,(H2,63,67)(H,66,75)(H,69,77)/t39-,43-,46?,47+,49-,51-/m1/s1. The molecule has 2 aromatic heterocycles. The molecule has 2 bridgehead atoms. The third kappa shape index (κ3) is 16.8. The van der Waals surface area contributed by atoms with Crippen LogP contribution >= 0.6 is 0 Å². The smallest absolute Gasteiger partial charge is 0.262 e. The zero-order chi connectivity index (χ0) is 59.6. The Morgan fingerprint density at radius 3 is 2.35 bits per heavy atom. The lowest BCUT2D eigenvalue weighted by molar-refractivity contribution is -0.142. The second-order valence-corrected chi connectivity index (χ2v) is 22.2. The highest BCUT2D eigenvalue weighted by atomic mass is 19.1. The number of amides is 5. The number of likely N-dealkylation sites (N-methyl/N-ethyl adjacent to an activating group) is 1. The number of carbonyl (C=O) groups excluding carboxylic acids is 5. The Balaban J connectivity index is 0.791. The molecule has 448 valence electrons. The largest absolute Gasteiger partial charge is 0.382 e. The summed E-state index contributed by atoms with van der Waals surface area (Å²) in [5, 5.41) is 27.3. The Morgan fingerprint density at radius 2 is 1.67 bits per heavy atom. The number of carbonyl (C=O) groups is 5. The Kier molecular flexibility index (Phi) is 23.2. The Hall–Kier alpha value is -7.20. The maximum atomic E-state index is 14.8. The molecule has 5 heterocycles. The third-order valence-corrected chi connectivity index (χ3v) is 15.3. The number of nitrogens with two attached hydrogens (primary N) is 1. The van der Waals surface area contributed by atoms with Gasteiger partial charge in [-0.25, -0.2) is 14.4 Å². The average Bonchev–Trinajstić information content (AvgIpc) is 4.16. The first-order chi connectivity index (χ1) is 39.9. The normalized spacial score (nSPS) is 18.1. The maximum absolute atomic E-state index is 14.8. The molecule has 1 unspecified atom stereocenters. The first-order valence-electron chi connectivity index (χ1n) is 28.7. The van der Waals surface area contributed by atoms with Crippen LogP contribution in [-0.4, -0.2) is 172 Å². The number of halogens is 1. The van der Waals surface area contributed by atoms with E-state index in [-0.39, 0.29) is 98.4 Å². The van der Waals surface area contributed by atoms with E-state index in [0.29, 0.717) is 112 Å². The van der Waals surface area contributed by atoms with Gasteiger partial charge in [-0.15, -0.1) is 0 Å². The van der Waals surface area contributed by atoms with Gasteiger partial charge in [0.2, 0.25) is 17.7 Å². The molecule has 2 fully saturated rings. The molecular formula is C60H82FN13O9. The molecule has 22 nitrogen and oxygen atoms in total. The van der Waals surface area contributed by atoms with Crippen molar-refractivity contribution in [2.45, 2.75) is 110 Å². The Labute approximate surface area is 486 Å². The lowest BCUT2D eigenvalue weighted by atomic mass is 9.80. The number of hydrogen-bond acceptors (Lipinski definition) is 16. The summed E-state index contributed by atoms with van der Waals surface area (Å²) in [6, 6.07) is 16.1. The molecule has 6 N–H and O–H groups in total. The first kappa shape index (κ1) is 63.4. The molecule has 4 aromatic rings. The molecule has 0 saturated carbocycles. The van der Waals surface area contributed by atoms with Crippen LogP contribution in [0.4, 0.5) is 15.9 Å². The number of nitrogens with one attached hydrogen (secondary N) is 4. The van der Waals surface area contributed by atoms with E-state index >= 15 is 0 Å². The van der Waals surface area contributed by atoms with Crippen LogP contribution in [0.3, 0.4) is 0 Å². The van der Waals surface area contributed by atoms with Crippen LogP contribution in [-0.2, 0) is 51.2 Å². The van der Waals surface area contributed by atoms with Crippen LogP contribution in [0.1, 0.15) is 112 Å². The number of pyridine rings is 1. The lowest BCUT2D eigenvalue weighted by Gasteiger charge is -2.33. The Bertz CT molecular complexity index is 2930. The number of ether oxygens (including phenoxy) is 4. The van der Waals surface area contributed by atoms with E-state index < -0.39 is 29.2 Å². The number of likely N-dealkylation sites (tertiary alicyclic amines) is 1. The average molecular weight is 1150 g/mol. The number of aromatic nitrogens is 3. The molecule has 7 rings (SSSR count). The second kappa shape index (κ2) is 30.4. The summed E-state index contributed by atoms with van der Waals surface area (Å²) in [7, 11) is 3.33.